The second-order valence-electron chi connectivity index (χ2n) is 5.82. The van der Waals surface area contributed by atoms with Crippen molar-refractivity contribution in [2.24, 2.45) is 5.92 Å². The van der Waals surface area contributed by atoms with Crippen molar-refractivity contribution in [1.82, 2.24) is 5.32 Å². The molecule has 0 saturated heterocycles. The molecule has 3 rings (SSSR count). The van der Waals surface area contributed by atoms with E-state index in [0.717, 1.165) is 18.9 Å². The standard InChI is InChI=1S/C18H23N/c1-2-19-18(12-14-7-8-14)13-15-9-10-16-5-3-4-6-17(16)11-15/h3-6,9-11,14,18-19H,2,7-8,12-13H2,1H3. The second kappa shape index (κ2) is 5.75. The van der Waals surface area contributed by atoms with Crippen LogP contribution in [-0.4, -0.2) is 12.6 Å². The van der Waals surface area contributed by atoms with E-state index in [0.29, 0.717) is 6.04 Å². The highest BCUT2D eigenvalue weighted by Crippen LogP contribution is 2.34. The van der Waals surface area contributed by atoms with Crippen LogP contribution < -0.4 is 5.32 Å². The third-order valence-corrected chi connectivity index (χ3v) is 4.10. The van der Waals surface area contributed by atoms with Crippen molar-refractivity contribution in [3.8, 4) is 0 Å². The molecule has 1 aliphatic rings. The van der Waals surface area contributed by atoms with Gasteiger partial charge in [0.05, 0.1) is 0 Å². The molecule has 1 unspecified atom stereocenters. The van der Waals surface area contributed by atoms with Crippen LogP contribution in [0.5, 0.6) is 0 Å². The summed E-state index contributed by atoms with van der Waals surface area (Å²) in [4.78, 5) is 0. The molecule has 2 aromatic rings. The van der Waals surface area contributed by atoms with Crippen LogP contribution >= 0.6 is 0 Å². The molecule has 0 amide bonds. The number of benzene rings is 2. The highest BCUT2D eigenvalue weighted by molar-refractivity contribution is 5.82. The first-order valence-electron chi connectivity index (χ1n) is 7.56. The fourth-order valence-corrected chi connectivity index (χ4v) is 2.93. The monoisotopic (exact) mass is 253 g/mol. The Morgan fingerprint density at radius 3 is 2.63 bits per heavy atom. The van der Waals surface area contributed by atoms with E-state index in [1.165, 1.54) is 35.6 Å². The minimum Gasteiger partial charge on any atom is -0.314 e. The van der Waals surface area contributed by atoms with Crippen LogP contribution in [-0.2, 0) is 6.42 Å². The Morgan fingerprint density at radius 2 is 1.89 bits per heavy atom. The predicted molar refractivity (Wildman–Crippen MR) is 82.5 cm³/mol. The molecular weight excluding hydrogens is 230 g/mol. The molecule has 1 N–H and O–H groups in total. The summed E-state index contributed by atoms with van der Waals surface area (Å²) in [5, 5.41) is 6.35. The Hall–Kier alpha value is -1.34. The molecule has 1 fully saturated rings. The van der Waals surface area contributed by atoms with E-state index >= 15 is 0 Å². The Kier molecular flexibility index (Phi) is 3.84. The van der Waals surface area contributed by atoms with Crippen LogP contribution in [0, 0.1) is 5.92 Å². The molecular formula is C18H23N. The molecule has 0 aliphatic heterocycles. The largest absolute Gasteiger partial charge is 0.314 e. The summed E-state index contributed by atoms with van der Waals surface area (Å²) in [6.45, 7) is 3.28. The van der Waals surface area contributed by atoms with Gasteiger partial charge in [0, 0.05) is 6.04 Å². The Labute approximate surface area is 116 Å². The molecule has 0 radical (unpaired) electrons. The number of fused-ring (bicyclic) bond motifs is 1. The lowest BCUT2D eigenvalue weighted by atomic mass is 9.98. The summed E-state index contributed by atoms with van der Waals surface area (Å²) >= 11 is 0. The number of rotatable bonds is 6. The van der Waals surface area contributed by atoms with Crippen molar-refractivity contribution >= 4 is 10.8 Å². The number of hydrogen-bond acceptors (Lipinski definition) is 1. The first kappa shape index (κ1) is 12.7. The average Bonchev–Trinajstić information content (AvgIpc) is 3.23. The second-order valence-corrected chi connectivity index (χ2v) is 5.82. The van der Waals surface area contributed by atoms with Gasteiger partial charge < -0.3 is 5.32 Å². The minimum atomic E-state index is 0.652. The van der Waals surface area contributed by atoms with Crippen LogP contribution in [0.2, 0.25) is 0 Å². The highest BCUT2D eigenvalue weighted by Gasteiger charge is 2.25. The first-order valence-corrected chi connectivity index (χ1v) is 7.56. The van der Waals surface area contributed by atoms with Crippen molar-refractivity contribution in [2.45, 2.75) is 38.6 Å². The van der Waals surface area contributed by atoms with Gasteiger partial charge >= 0.3 is 0 Å². The number of nitrogens with one attached hydrogen (secondary N) is 1. The Bertz CT molecular complexity index is 542. The molecule has 19 heavy (non-hydrogen) atoms. The minimum absolute atomic E-state index is 0.652. The average molecular weight is 253 g/mol. The maximum atomic E-state index is 3.65. The van der Waals surface area contributed by atoms with Crippen LogP contribution in [0.1, 0.15) is 31.7 Å². The molecule has 1 aliphatic carbocycles. The van der Waals surface area contributed by atoms with Gasteiger partial charge in [-0.25, -0.2) is 0 Å². The topological polar surface area (TPSA) is 12.0 Å². The van der Waals surface area contributed by atoms with Crippen LogP contribution in [0.3, 0.4) is 0 Å². The molecule has 1 saturated carbocycles. The van der Waals surface area contributed by atoms with E-state index in [2.05, 4.69) is 54.7 Å². The molecule has 0 bridgehead atoms. The van der Waals surface area contributed by atoms with Crippen molar-refractivity contribution in [3.63, 3.8) is 0 Å². The van der Waals surface area contributed by atoms with E-state index in [9.17, 15) is 0 Å². The lowest BCUT2D eigenvalue weighted by Gasteiger charge is -2.18. The van der Waals surface area contributed by atoms with Crippen LogP contribution in [0.4, 0.5) is 0 Å². The van der Waals surface area contributed by atoms with Crippen molar-refractivity contribution < 1.29 is 0 Å². The van der Waals surface area contributed by atoms with Gasteiger partial charge in [-0.05, 0) is 41.6 Å². The van der Waals surface area contributed by atoms with E-state index in [-0.39, 0.29) is 0 Å². The van der Waals surface area contributed by atoms with E-state index in [1.54, 1.807) is 0 Å². The summed E-state index contributed by atoms with van der Waals surface area (Å²) in [6.07, 6.45) is 5.40. The quantitative estimate of drug-likeness (QED) is 0.815. The SMILES string of the molecule is CCNC(Cc1ccc2ccccc2c1)CC1CC1. The highest BCUT2D eigenvalue weighted by atomic mass is 14.9. The molecule has 100 valence electrons. The summed E-state index contributed by atoms with van der Waals surface area (Å²) < 4.78 is 0. The predicted octanol–water partition coefficient (Wildman–Crippen LogP) is 4.16. The maximum Gasteiger partial charge on any atom is 0.0110 e. The van der Waals surface area contributed by atoms with E-state index < -0.39 is 0 Å². The molecule has 0 heterocycles. The first-order chi connectivity index (χ1) is 9.35. The molecule has 1 heteroatoms. The number of likely N-dealkylation sites (N-methyl/N-ethyl adjacent to an activating group) is 1. The number of hydrogen-bond donors (Lipinski definition) is 1. The summed E-state index contributed by atoms with van der Waals surface area (Å²) in [7, 11) is 0. The van der Waals surface area contributed by atoms with Crippen molar-refractivity contribution in [3.05, 3.63) is 48.0 Å². The van der Waals surface area contributed by atoms with E-state index in [4.69, 9.17) is 0 Å². The lowest BCUT2D eigenvalue weighted by Crippen LogP contribution is -2.31. The van der Waals surface area contributed by atoms with Crippen molar-refractivity contribution in [2.75, 3.05) is 6.54 Å². The van der Waals surface area contributed by atoms with Crippen LogP contribution in [0.25, 0.3) is 10.8 Å². The van der Waals surface area contributed by atoms with Gasteiger partial charge in [0.25, 0.3) is 0 Å². The molecule has 1 atom stereocenters. The van der Waals surface area contributed by atoms with Gasteiger partial charge in [-0.15, -0.1) is 0 Å². The zero-order valence-electron chi connectivity index (χ0n) is 11.7. The van der Waals surface area contributed by atoms with Gasteiger partial charge in [-0.3, -0.25) is 0 Å². The Balaban J connectivity index is 1.74. The normalized spacial score (nSPS) is 16.7. The zero-order chi connectivity index (χ0) is 13.1. The van der Waals surface area contributed by atoms with Gasteiger partial charge in [0.1, 0.15) is 0 Å². The lowest BCUT2D eigenvalue weighted by molar-refractivity contribution is 0.466. The molecule has 0 spiro atoms. The van der Waals surface area contributed by atoms with Gasteiger partial charge in [-0.1, -0.05) is 62.2 Å². The molecule has 2 aromatic carbocycles. The van der Waals surface area contributed by atoms with Gasteiger partial charge in [-0.2, -0.15) is 0 Å². The third-order valence-electron chi connectivity index (χ3n) is 4.10. The van der Waals surface area contributed by atoms with E-state index in [1.807, 2.05) is 0 Å². The summed E-state index contributed by atoms with van der Waals surface area (Å²) in [6, 6.07) is 16.2. The molecule has 0 aromatic heterocycles. The summed E-state index contributed by atoms with van der Waals surface area (Å²) in [5.74, 6) is 0.990. The smallest absolute Gasteiger partial charge is 0.0110 e. The maximum absolute atomic E-state index is 3.65. The van der Waals surface area contributed by atoms with Gasteiger partial charge in [0.15, 0.2) is 0 Å². The van der Waals surface area contributed by atoms with Crippen LogP contribution in [0.15, 0.2) is 42.5 Å². The summed E-state index contributed by atoms with van der Waals surface area (Å²) in [5.41, 5.74) is 1.46. The third kappa shape index (κ3) is 3.36. The van der Waals surface area contributed by atoms with Crippen molar-refractivity contribution in [1.29, 1.82) is 0 Å². The Morgan fingerprint density at radius 1 is 1.11 bits per heavy atom. The fraction of sp³-hybridized carbons (Fsp3) is 0.444. The fourth-order valence-electron chi connectivity index (χ4n) is 2.93. The molecule has 1 nitrogen and oxygen atoms in total. The zero-order valence-corrected chi connectivity index (χ0v) is 11.7. The van der Waals surface area contributed by atoms with Gasteiger partial charge in [0.2, 0.25) is 0 Å².